The van der Waals surface area contributed by atoms with Gasteiger partial charge in [-0.05, 0) is 43.8 Å². The minimum absolute atomic E-state index is 0.254. The SMILES string of the molecule is CN=C(NCc1ccc(S(=O)(=O)NC)cc1)NCc1ccc(C)s1. The van der Waals surface area contributed by atoms with Gasteiger partial charge in [-0.3, -0.25) is 4.99 Å². The van der Waals surface area contributed by atoms with E-state index in [9.17, 15) is 8.42 Å². The predicted molar refractivity (Wildman–Crippen MR) is 98.8 cm³/mol. The number of hydrogen-bond donors (Lipinski definition) is 3. The summed E-state index contributed by atoms with van der Waals surface area (Å²) in [6.45, 7) is 3.36. The van der Waals surface area contributed by atoms with Gasteiger partial charge < -0.3 is 10.6 Å². The highest BCUT2D eigenvalue weighted by molar-refractivity contribution is 7.89. The Bertz CT molecular complexity index is 796. The molecule has 0 unspecified atom stereocenters. The van der Waals surface area contributed by atoms with Crippen LogP contribution in [0.5, 0.6) is 0 Å². The van der Waals surface area contributed by atoms with E-state index in [1.165, 1.54) is 16.8 Å². The molecule has 0 radical (unpaired) electrons. The first-order valence-corrected chi connectivity index (χ1v) is 9.77. The Labute approximate surface area is 147 Å². The van der Waals surface area contributed by atoms with Crippen LogP contribution in [-0.4, -0.2) is 28.5 Å². The molecule has 0 saturated heterocycles. The highest BCUT2D eigenvalue weighted by atomic mass is 32.2. The van der Waals surface area contributed by atoms with Crippen molar-refractivity contribution in [3.63, 3.8) is 0 Å². The number of sulfonamides is 1. The number of rotatable bonds is 6. The summed E-state index contributed by atoms with van der Waals surface area (Å²) >= 11 is 1.75. The maximum absolute atomic E-state index is 11.7. The smallest absolute Gasteiger partial charge is 0.240 e. The van der Waals surface area contributed by atoms with Crippen molar-refractivity contribution in [2.45, 2.75) is 24.9 Å². The Hall–Kier alpha value is -1.90. The fourth-order valence-corrected chi connectivity index (χ4v) is 3.62. The molecule has 1 aromatic heterocycles. The van der Waals surface area contributed by atoms with E-state index < -0.39 is 10.0 Å². The molecule has 0 aliphatic heterocycles. The second-order valence-electron chi connectivity index (χ2n) is 5.14. The quantitative estimate of drug-likeness (QED) is 0.538. The van der Waals surface area contributed by atoms with Gasteiger partial charge in [0.05, 0.1) is 11.4 Å². The van der Waals surface area contributed by atoms with Crippen LogP contribution in [-0.2, 0) is 23.1 Å². The van der Waals surface area contributed by atoms with Gasteiger partial charge in [0, 0.05) is 23.3 Å². The second-order valence-corrected chi connectivity index (χ2v) is 8.40. The number of nitrogens with zero attached hydrogens (tertiary/aromatic N) is 1. The van der Waals surface area contributed by atoms with Gasteiger partial charge in [0.15, 0.2) is 5.96 Å². The van der Waals surface area contributed by atoms with Gasteiger partial charge in [-0.15, -0.1) is 11.3 Å². The molecule has 2 aromatic rings. The van der Waals surface area contributed by atoms with Crippen molar-refractivity contribution < 1.29 is 8.42 Å². The third-order valence-electron chi connectivity index (χ3n) is 3.41. The summed E-state index contributed by atoms with van der Waals surface area (Å²) in [4.78, 5) is 6.97. The summed E-state index contributed by atoms with van der Waals surface area (Å²) in [5, 5.41) is 6.47. The molecule has 2 rings (SSSR count). The second kappa shape index (κ2) is 8.27. The molecule has 3 N–H and O–H groups in total. The van der Waals surface area contributed by atoms with Crippen molar-refractivity contribution >= 4 is 27.3 Å². The number of nitrogens with one attached hydrogen (secondary N) is 3. The molecular formula is C16H22N4O2S2. The van der Waals surface area contributed by atoms with Crippen LogP contribution >= 0.6 is 11.3 Å². The molecule has 0 atom stereocenters. The molecule has 1 aromatic carbocycles. The average molecular weight is 367 g/mol. The summed E-state index contributed by atoms with van der Waals surface area (Å²) in [5.41, 5.74) is 0.972. The van der Waals surface area contributed by atoms with Crippen molar-refractivity contribution in [3.8, 4) is 0 Å². The summed E-state index contributed by atoms with van der Waals surface area (Å²) in [6, 6.07) is 10.9. The molecule has 1 heterocycles. The summed E-state index contributed by atoms with van der Waals surface area (Å²) in [7, 11) is -0.275. The number of aryl methyl sites for hydroxylation is 1. The summed E-state index contributed by atoms with van der Waals surface area (Å²) in [6.07, 6.45) is 0. The molecular weight excluding hydrogens is 344 g/mol. The van der Waals surface area contributed by atoms with E-state index in [1.807, 2.05) is 0 Å². The first-order valence-electron chi connectivity index (χ1n) is 7.47. The lowest BCUT2D eigenvalue weighted by molar-refractivity contribution is 0.588. The van der Waals surface area contributed by atoms with Crippen molar-refractivity contribution in [1.29, 1.82) is 0 Å². The average Bonchev–Trinajstić information content (AvgIpc) is 3.01. The van der Waals surface area contributed by atoms with E-state index in [2.05, 4.69) is 39.4 Å². The standard InChI is InChI=1S/C16H22N4O2S2/c1-12-4-7-14(23-12)11-20-16(17-2)19-10-13-5-8-15(9-6-13)24(21,22)18-3/h4-9,18H,10-11H2,1-3H3,(H2,17,19,20). The van der Waals surface area contributed by atoms with Crippen LogP contribution in [0.1, 0.15) is 15.3 Å². The van der Waals surface area contributed by atoms with E-state index in [4.69, 9.17) is 0 Å². The van der Waals surface area contributed by atoms with Crippen LogP contribution in [0.25, 0.3) is 0 Å². The van der Waals surface area contributed by atoms with Gasteiger partial charge in [0.2, 0.25) is 10.0 Å². The van der Waals surface area contributed by atoms with Crippen molar-refractivity contribution in [3.05, 3.63) is 51.7 Å². The monoisotopic (exact) mass is 366 g/mol. The topological polar surface area (TPSA) is 82.6 Å². The lowest BCUT2D eigenvalue weighted by atomic mass is 10.2. The lowest BCUT2D eigenvalue weighted by Crippen LogP contribution is -2.36. The number of thiophene rings is 1. The maximum atomic E-state index is 11.7. The largest absolute Gasteiger partial charge is 0.352 e. The van der Waals surface area contributed by atoms with Crippen LogP contribution in [0.4, 0.5) is 0 Å². The number of aliphatic imine (C=N–C) groups is 1. The van der Waals surface area contributed by atoms with E-state index >= 15 is 0 Å². The summed E-state index contributed by atoms with van der Waals surface area (Å²) < 4.78 is 25.7. The molecule has 0 bridgehead atoms. The highest BCUT2D eigenvalue weighted by Crippen LogP contribution is 2.14. The molecule has 24 heavy (non-hydrogen) atoms. The van der Waals surface area contributed by atoms with Crippen molar-refractivity contribution in [2.75, 3.05) is 14.1 Å². The zero-order chi connectivity index (χ0) is 17.6. The van der Waals surface area contributed by atoms with E-state index in [0.29, 0.717) is 12.5 Å². The fraction of sp³-hybridized carbons (Fsp3) is 0.312. The van der Waals surface area contributed by atoms with Gasteiger partial charge in [-0.1, -0.05) is 12.1 Å². The third kappa shape index (κ3) is 5.05. The summed E-state index contributed by atoms with van der Waals surface area (Å²) in [5.74, 6) is 0.702. The van der Waals surface area contributed by atoms with Gasteiger partial charge in [0.25, 0.3) is 0 Å². The molecule has 0 amide bonds. The Morgan fingerprint density at radius 1 is 1.08 bits per heavy atom. The van der Waals surface area contributed by atoms with Crippen molar-refractivity contribution in [1.82, 2.24) is 15.4 Å². The van der Waals surface area contributed by atoms with Crippen molar-refractivity contribution in [2.24, 2.45) is 4.99 Å². The van der Waals surface area contributed by atoms with E-state index in [1.54, 1.807) is 42.6 Å². The lowest BCUT2D eigenvalue weighted by Gasteiger charge is -2.11. The third-order valence-corrected chi connectivity index (χ3v) is 5.84. The minimum Gasteiger partial charge on any atom is -0.352 e. The zero-order valence-electron chi connectivity index (χ0n) is 14.0. The minimum atomic E-state index is -3.39. The van der Waals surface area contributed by atoms with Gasteiger partial charge in [-0.25, -0.2) is 13.1 Å². The van der Waals surface area contributed by atoms with Crippen LogP contribution in [0.3, 0.4) is 0 Å². The molecule has 6 nitrogen and oxygen atoms in total. The first-order chi connectivity index (χ1) is 11.4. The number of benzene rings is 1. The maximum Gasteiger partial charge on any atom is 0.240 e. The first kappa shape index (κ1) is 18.4. The van der Waals surface area contributed by atoms with Crippen LogP contribution < -0.4 is 15.4 Å². The molecule has 0 spiro atoms. The molecule has 0 fully saturated rings. The van der Waals surface area contributed by atoms with Gasteiger partial charge >= 0.3 is 0 Å². The van der Waals surface area contributed by atoms with E-state index in [0.717, 1.165) is 12.1 Å². The predicted octanol–water partition coefficient (Wildman–Crippen LogP) is 1.83. The normalized spacial score (nSPS) is 12.2. The highest BCUT2D eigenvalue weighted by Gasteiger charge is 2.10. The molecule has 0 saturated carbocycles. The van der Waals surface area contributed by atoms with Crippen LogP contribution in [0, 0.1) is 6.92 Å². The molecule has 0 aliphatic carbocycles. The Morgan fingerprint density at radius 3 is 2.29 bits per heavy atom. The Kier molecular flexibility index (Phi) is 6.36. The molecule has 130 valence electrons. The fourth-order valence-electron chi connectivity index (χ4n) is 2.06. The zero-order valence-corrected chi connectivity index (χ0v) is 15.6. The van der Waals surface area contributed by atoms with Gasteiger partial charge in [0.1, 0.15) is 0 Å². The number of guanidine groups is 1. The van der Waals surface area contributed by atoms with Crippen LogP contribution in [0.15, 0.2) is 46.3 Å². The van der Waals surface area contributed by atoms with Crippen LogP contribution in [0.2, 0.25) is 0 Å². The Balaban J connectivity index is 1.89. The van der Waals surface area contributed by atoms with E-state index in [-0.39, 0.29) is 4.90 Å². The number of hydrogen-bond acceptors (Lipinski definition) is 4. The van der Waals surface area contributed by atoms with Gasteiger partial charge in [-0.2, -0.15) is 0 Å². The Morgan fingerprint density at radius 2 is 1.75 bits per heavy atom. The molecule has 8 heteroatoms. The molecule has 0 aliphatic rings.